The molecule has 3 rings (SSSR count). The van der Waals surface area contributed by atoms with Crippen molar-refractivity contribution in [2.75, 3.05) is 4.90 Å². The van der Waals surface area contributed by atoms with Gasteiger partial charge in [-0.15, -0.1) is 0 Å². The first-order chi connectivity index (χ1) is 11.2. The van der Waals surface area contributed by atoms with Gasteiger partial charge in [-0.2, -0.15) is 8.78 Å². The van der Waals surface area contributed by atoms with E-state index in [9.17, 15) is 18.7 Å². The summed E-state index contributed by atoms with van der Waals surface area (Å²) in [5, 5.41) is 10.1. The fourth-order valence-electron chi connectivity index (χ4n) is 2.74. The summed E-state index contributed by atoms with van der Waals surface area (Å²) in [7, 11) is 0. The summed E-state index contributed by atoms with van der Waals surface area (Å²) >= 11 is 11.8. The molecule has 0 radical (unpaired) electrons. The molecule has 0 saturated carbocycles. The molecule has 0 fully saturated rings. The van der Waals surface area contributed by atoms with Crippen LogP contribution in [-0.2, 0) is 17.3 Å². The highest BCUT2D eigenvalue weighted by atomic mass is 35.5. The van der Waals surface area contributed by atoms with Gasteiger partial charge in [0.25, 0.3) is 0 Å². The number of fused-ring (bicyclic) bond motifs is 1. The number of aliphatic hydroxyl groups is 1. The summed E-state index contributed by atoms with van der Waals surface area (Å²) in [5.74, 6) is -5.08. The third kappa shape index (κ3) is 2.64. The van der Waals surface area contributed by atoms with Crippen LogP contribution < -0.4 is 4.90 Å². The molecular formula is C16H12Cl2F2N2O2. The number of alkyl halides is 2. The van der Waals surface area contributed by atoms with Crippen molar-refractivity contribution in [1.82, 2.24) is 4.98 Å². The van der Waals surface area contributed by atoms with E-state index in [1.54, 1.807) is 0 Å². The van der Waals surface area contributed by atoms with E-state index in [-0.39, 0.29) is 28.0 Å². The van der Waals surface area contributed by atoms with E-state index in [2.05, 4.69) is 4.98 Å². The maximum atomic E-state index is 14.5. The molecule has 4 nitrogen and oxygen atoms in total. The zero-order chi connectivity index (χ0) is 17.6. The zero-order valence-electron chi connectivity index (χ0n) is 12.4. The summed E-state index contributed by atoms with van der Waals surface area (Å²) in [6.07, 6.45) is 0.214. The first-order valence-corrected chi connectivity index (χ1v) is 7.80. The van der Waals surface area contributed by atoms with Gasteiger partial charge in [-0.1, -0.05) is 35.3 Å². The van der Waals surface area contributed by atoms with E-state index < -0.39 is 23.5 Å². The monoisotopic (exact) mass is 372 g/mol. The second-order valence-electron chi connectivity index (χ2n) is 5.48. The zero-order valence-corrected chi connectivity index (χ0v) is 13.9. The molecular weight excluding hydrogens is 361 g/mol. The van der Waals surface area contributed by atoms with Crippen molar-refractivity contribution in [1.29, 1.82) is 0 Å². The Morgan fingerprint density at radius 2 is 2.08 bits per heavy atom. The second-order valence-corrected chi connectivity index (χ2v) is 6.28. The Balaban J connectivity index is 2.09. The third-order valence-electron chi connectivity index (χ3n) is 3.87. The molecule has 1 aromatic carbocycles. The number of rotatable bonds is 3. The molecule has 1 aliphatic rings. The average Bonchev–Trinajstić information content (AvgIpc) is 2.70. The number of carbonyl (C=O) groups excluding carboxylic acids is 1. The van der Waals surface area contributed by atoms with Crippen LogP contribution in [0.1, 0.15) is 29.7 Å². The van der Waals surface area contributed by atoms with Crippen molar-refractivity contribution >= 4 is 34.8 Å². The van der Waals surface area contributed by atoms with E-state index >= 15 is 0 Å². The first kappa shape index (κ1) is 17.1. The second kappa shape index (κ2) is 5.95. The van der Waals surface area contributed by atoms with Crippen molar-refractivity contribution in [2.24, 2.45) is 0 Å². The minimum absolute atomic E-state index is 0.0219. The lowest BCUT2D eigenvalue weighted by atomic mass is 9.98. The fourth-order valence-corrected chi connectivity index (χ4v) is 3.16. The maximum absolute atomic E-state index is 14.5. The topological polar surface area (TPSA) is 53.4 Å². The number of nitrogens with zero attached hydrogens (tertiary/aromatic N) is 2. The van der Waals surface area contributed by atoms with Gasteiger partial charge >= 0.3 is 11.8 Å². The minimum atomic E-state index is -3.71. The SMILES string of the molecule is C[C@H](O)c1cccc2c1C(F)(F)C(=O)N2Cc1cnc(Cl)cc1Cl. The third-order valence-corrected chi connectivity index (χ3v) is 4.43. The molecule has 1 N–H and O–H groups in total. The number of aliphatic hydroxyl groups excluding tert-OH is 1. The Labute approximate surface area is 146 Å². The molecule has 126 valence electrons. The number of benzene rings is 1. The summed E-state index contributed by atoms with van der Waals surface area (Å²) < 4.78 is 29.0. The van der Waals surface area contributed by atoms with E-state index in [0.717, 1.165) is 4.90 Å². The Bertz CT molecular complexity index is 828. The fraction of sp³-hybridized carbons (Fsp3) is 0.250. The van der Waals surface area contributed by atoms with Crippen LogP contribution >= 0.6 is 23.2 Å². The Morgan fingerprint density at radius 1 is 1.38 bits per heavy atom. The van der Waals surface area contributed by atoms with Gasteiger partial charge in [0.05, 0.1) is 28.9 Å². The summed E-state index contributed by atoms with van der Waals surface area (Å²) in [6, 6.07) is 5.69. The number of aromatic nitrogens is 1. The smallest absolute Gasteiger partial charge is 0.352 e. The lowest BCUT2D eigenvalue weighted by Crippen LogP contribution is -2.34. The molecule has 0 spiro atoms. The maximum Gasteiger partial charge on any atom is 0.352 e. The summed E-state index contributed by atoms with van der Waals surface area (Å²) in [4.78, 5) is 17.0. The quantitative estimate of drug-likeness (QED) is 0.825. The predicted octanol–water partition coefficient (Wildman–Crippen LogP) is 4.08. The number of anilines is 1. The molecule has 1 amide bonds. The van der Waals surface area contributed by atoms with Crippen molar-refractivity contribution < 1.29 is 18.7 Å². The van der Waals surface area contributed by atoms with E-state index in [1.165, 1.54) is 37.4 Å². The first-order valence-electron chi connectivity index (χ1n) is 7.04. The van der Waals surface area contributed by atoms with Crippen LogP contribution in [-0.4, -0.2) is 16.0 Å². The normalized spacial score (nSPS) is 17.1. The van der Waals surface area contributed by atoms with E-state index in [4.69, 9.17) is 23.2 Å². The van der Waals surface area contributed by atoms with Gasteiger partial charge in [0.1, 0.15) is 5.15 Å². The van der Waals surface area contributed by atoms with Crippen LogP contribution in [0.2, 0.25) is 10.2 Å². The van der Waals surface area contributed by atoms with Gasteiger partial charge in [0.2, 0.25) is 0 Å². The van der Waals surface area contributed by atoms with E-state index in [0.29, 0.717) is 5.56 Å². The molecule has 1 atom stereocenters. The van der Waals surface area contributed by atoms with Gasteiger partial charge < -0.3 is 10.0 Å². The Morgan fingerprint density at radius 3 is 2.71 bits per heavy atom. The van der Waals surface area contributed by atoms with Crippen molar-refractivity contribution in [3.05, 3.63) is 57.3 Å². The molecule has 2 aromatic rings. The summed E-state index contributed by atoms with van der Waals surface area (Å²) in [5.41, 5.74) is -0.00773. The number of halogens is 4. The molecule has 0 aliphatic carbocycles. The molecule has 1 aromatic heterocycles. The van der Waals surface area contributed by atoms with Crippen LogP contribution in [0.25, 0.3) is 0 Å². The van der Waals surface area contributed by atoms with Gasteiger partial charge in [-0.3, -0.25) is 4.79 Å². The molecule has 0 saturated heterocycles. The highest BCUT2D eigenvalue weighted by Crippen LogP contribution is 2.48. The van der Waals surface area contributed by atoms with Gasteiger partial charge in [0.15, 0.2) is 0 Å². The molecule has 24 heavy (non-hydrogen) atoms. The standard InChI is InChI=1S/C16H12Cl2F2N2O2/c1-8(23)10-3-2-4-12-14(10)16(19,20)15(24)22(12)7-9-6-21-13(18)5-11(9)17/h2-6,8,23H,7H2,1H3/t8-/m0/s1. The van der Waals surface area contributed by atoms with Crippen molar-refractivity contribution in [3.8, 4) is 0 Å². The molecule has 1 aliphatic heterocycles. The highest BCUT2D eigenvalue weighted by Gasteiger charge is 2.54. The number of carbonyl (C=O) groups is 1. The molecule has 0 unspecified atom stereocenters. The van der Waals surface area contributed by atoms with Crippen molar-refractivity contribution in [3.63, 3.8) is 0 Å². The minimum Gasteiger partial charge on any atom is -0.389 e. The van der Waals surface area contributed by atoms with Crippen LogP contribution in [0.3, 0.4) is 0 Å². The van der Waals surface area contributed by atoms with Gasteiger partial charge in [-0.05, 0) is 24.6 Å². The average molecular weight is 373 g/mol. The van der Waals surface area contributed by atoms with Crippen LogP contribution in [0, 0.1) is 0 Å². The number of amides is 1. The Hall–Kier alpha value is -1.76. The van der Waals surface area contributed by atoms with Gasteiger partial charge in [-0.25, -0.2) is 4.98 Å². The van der Waals surface area contributed by atoms with E-state index in [1.807, 2.05) is 0 Å². The highest BCUT2D eigenvalue weighted by molar-refractivity contribution is 6.34. The lowest BCUT2D eigenvalue weighted by Gasteiger charge is -2.18. The van der Waals surface area contributed by atoms with Crippen LogP contribution in [0.5, 0.6) is 0 Å². The Kier molecular flexibility index (Phi) is 4.23. The molecule has 8 heteroatoms. The molecule has 2 heterocycles. The summed E-state index contributed by atoms with van der Waals surface area (Å²) in [6.45, 7) is 1.20. The number of hydrogen-bond acceptors (Lipinski definition) is 3. The van der Waals surface area contributed by atoms with Gasteiger partial charge in [0, 0.05) is 11.8 Å². The molecule has 0 bridgehead atoms. The number of pyridine rings is 1. The van der Waals surface area contributed by atoms with Crippen LogP contribution in [0.15, 0.2) is 30.5 Å². The van der Waals surface area contributed by atoms with Crippen molar-refractivity contribution in [2.45, 2.75) is 25.5 Å². The predicted molar refractivity (Wildman–Crippen MR) is 86.4 cm³/mol. The largest absolute Gasteiger partial charge is 0.389 e. The number of hydrogen-bond donors (Lipinski definition) is 1. The lowest BCUT2D eigenvalue weighted by molar-refractivity contribution is -0.141. The van der Waals surface area contributed by atoms with Crippen LogP contribution in [0.4, 0.5) is 14.5 Å².